The van der Waals surface area contributed by atoms with Crippen molar-refractivity contribution >= 4 is 11.0 Å². The van der Waals surface area contributed by atoms with Crippen molar-refractivity contribution < 1.29 is 0 Å². The van der Waals surface area contributed by atoms with Crippen LogP contribution in [0.5, 0.6) is 0 Å². The lowest BCUT2D eigenvalue weighted by atomic mass is 10.1. The number of nitrogens with zero attached hydrogens (tertiary/aromatic N) is 1. The second kappa shape index (κ2) is 4.64. The fourth-order valence-electron chi connectivity index (χ4n) is 1.61. The first-order chi connectivity index (χ1) is 7.79. The summed E-state index contributed by atoms with van der Waals surface area (Å²) in [4.78, 5) is 16.4. The summed E-state index contributed by atoms with van der Waals surface area (Å²) < 4.78 is 0. The van der Waals surface area contributed by atoms with E-state index >= 15 is 0 Å². The Hall–Kier alpha value is -2.06. The summed E-state index contributed by atoms with van der Waals surface area (Å²) in [5, 5.41) is 11.3. The van der Waals surface area contributed by atoms with Crippen LogP contribution in [0.1, 0.15) is 5.56 Å². The van der Waals surface area contributed by atoms with E-state index in [0.717, 1.165) is 29.6 Å². The Morgan fingerprint density at radius 3 is 2.94 bits per heavy atom. The molecule has 0 spiro atoms. The van der Waals surface area contributed by atoms with Crippen molar-refractivity contribution in [3.63, 3.8) is 0 Å². The smallest absolute Gasteiger partial charge is 0.306 e. The quantitative estimate of drug-likeness (QED) is 0.514. The van der Waals surface area contributed by atoms with Crippen LogP contribution < -0.4 is 11.0 Å². The maximum atomic E-state index is 11.0. The molecule has 0 atom stereocenters. The van der Waals surface area contributed by atoms with E-state index in [-0.39, 0.29) is 5.69 Å². The first kappa shape index (κ1) is 10.5. The van der Waals surface area contributed by atoms with Gasteiger partial charge in [0.2, 0.25) is 0 Å². The number of aromatic nitrogens is 2. The molecule has 2 aromatic rings. The van der Waals surface area contributed by atoms with Gasteiger partial charge in [-0.15, -0.1) is 0 Å². The summed E-state index contributed by atoms with van der Waals surface area (Å²) in [5.74, 6) is 0. The summed E-state index contributed by atoms with van der Waals surface area (Å²) in [6, 6.07) is 7.82. The third-order valence-corrected chi connectivity index (χ3v) is 2.37. The topological polar surface area (TPSA) is 84.5 Å². The molecule has 1 aromatic heterocycles. The molecule has 0 bridgehead atoms. The van der Waals surface area contributed by atoms with Crippen LogP contribution in [0.2, 0.25) is 0 Å². The molecule has 3 N–H and O–H groups in total. The number of fused-ring (bicyclic) bond motifs is 1. The number of H-pyrrole nitrogens is 2. The van der Waals surface area contributed by atoms with E-state index < -0.39 is 0 Å². The van der Waals surface area contributed by atoms with E-state index in [1.807, 2.05) is 24.3 Å². The second-order valence-electron chi connectivity index (χ2n) is 3.54. The summed E-state index contributed by atoms with van der Waals surface area (Å²) in [6.07, 6.45) is 0.838. The number of aromatic amines is 2. The van der Waals surface area contributed by atoms with Crippen LogP contribution in [0, 0.1) is 11.3 Å². The lowest BCUT2D eigenvalue weighted by Crippen LogP contribution is -2.17. The fourth-order valence-corrected chi connectivity index (χ4v) is 1.61. The van der Waals surface area contributed by atoms with Gasteiger partial charge in [0, 0.05) is 6.54 Å². The average Bonchev–Trinajstić information content (AvgIpc) is 2.64. The van der Waals surface area contributed by atoms with Gasteiger partial charge in [-0.3, -0.25) is 0 Å². The Kier molecular flexibility index (Phi) is 3.03. The van der Waals surface area contributed by atoms with E-state index in [1.54, 1.807) is 0 Å². The Balaban J connectivity index is 2.08. The highest BCUT2D eigenvalue weighted by atomic mass is 16.1. The number of nitriles is 1. The van der Waals surface area contributed by atoms with Crippen LogP contribution in [0.4, 0.5) is 0 Å². The Morgan fingerprint density at radius 2 is 2.12 bits per heavy atom. The number of rotatable bonds is 4. The van der Waals surface area contributed by atoms with Gasteiger partial charge in [-0.1, -0.05) is 6.07 Å². The molecule has 0 radical (unpaired) electrons. The fraction of sp³-hybridized carbons (Fsp3) is 0.273. The lowest BCUT2D eigenvalue weighted by molar-refractivity contribution is 0.750. The third-order valence-electron chi connectivity index (χ3n) is 2.37. The molecule has 1 heterocycles. The number of hydrogen-bond donors (Lipinski definition) is 3. The highest BCUT2D eigenvalue weighted by molar-refractivity contribution is 5.74. The van der Waals surface area contributed by atoms with Gasteiger partial charge in [-0.25, -0.2) is 4.79 Å². The predicted molar refractivity (Wildman–Crippen MR) is 61.1 cm³/mol. The zero-order valence-electron chi connectivity index (χ0n) is 8.71. The van der Waals surface area contributed by atoms with Crippen LogP contribution >= 0.6 is 0 Å². The Bertz CT molecular complexity index is 575. The molecule has 16 heavy (non-hydrogen) atoms. The van der Waals surface area contributed by atoms with Gasteiger partial charge in [0.15, 0.2) is 0 Å². The van der Waals surface area contributed by atoms with Crippen molar-refractivity contribution in [2.24, 2.45) is 0 Å². The number of benzene rings is 1. The van der Waals surface area contributed by atoms with E-state index in [0.29, 0.717) is 6.54 Å². The van der Waals surface area contributed by atoms with Crippen molar-refractivity contribution in [1.29, 1.82) is 5.26 Å². The molecule has 0 aliphatic heterocycles. The van der Waals surface area contributed by atoms with E-state index in [2.05, 4.69) is 15.3 Å². The molecule has 5 heteroatoms. The van der Waals surface area contributed by atoms with Gasteiger partial charge < -0.3 is 15.3 Å². The maximum Gasteiger partial charge on any atom is 0.323 e. The Morgan fingerprint density at radius 1 is 1.31 bits per heavy atom. The SMILES string of the molecule is N#CCNCCc1ccc2[nH]c(=O)[nH]c2c1. The summed E-state index contributed by atoms with van der Waals surface area (Å²) in [6.45, 7) is 1.12. The molecule has 0 unspecified atom stereocenters. The molecule has 2 rings (SSSR count). The largest absolute Gasteiger partial charge is 0.323 e. The Labute approximate surface area is 92.1 Å². The molecule has 82 valence electrons. The minimum absolute atomic E-state index is 0.185. The third kappa shape index (κ3) is 2.30. The van der Waals surface area contributed by atoms with E-state index in [9.17, 15) is 4.79 Å². The van der Waals surface area contributed by atoms with Gasteiger partial charge in [0.1, 0.15) is 0 Å². The molecule has 5 nitrogen and oxygen atoms in total. The van der Waals surface area contributed by atoms with Gasteiger partial charge >= 0.3 is 5.69 Å². The zero-order chi connectivity index (χ0) is 11.4. The van der Waals surface area contributed by atoms with Gasteiger partial charge in [0.25, 0.3) is 0 Å². The molecule has 0 saturated carbocycles. The zero-order valence-corrected chi connectivity index (χ0v) is 8.71. The minimum Gasteiger partial charge on any atom is -0.306 e. The number of hydrogen-bond acceptors (Lipinski definition) is 3. The normalized spacial score (nSPS) is 10.4. The molecule has 0 fully saturated rings. The van der Waals surface area contributed by atoms with Crippen LogP contribution in [0.25, 0.3) is 11.0 Å². The predicted octanol–water partition coefficient (Wildman–Crippen LogP) is 0.512. The van der Waals surface area contributed by atoms with E-state index in [4.69, 9.17) is 5.26 Å². The lowest BCUT2D eigenvalue weighted by Gasteiger charge is -2.01. The summed E-state index contributed by atoms with van der Waals surface area (Å²) in [5.41, 5.74) is 2.59. The summed E-state index contributed by atoms with van der Waals surface area (Å²) in [7, 11) is 0. The van der Waals surface area contributed by atoms with Crippen LogP contribution in [0.3, 0.4) is 0 Å². The van der Waals surface area contributed by atoms with Crippen molar-refractivity contribution in [3.05, 3.63) is 34.2 Å². The first-order valence-corrected chi connectivity index (χ1v) is 5.08. The number of nitrogens with one attached hydrogen (secondary N) is 3. The molecule has 0 amide bonds. The van der Waals surface area contributed by atoms with E-state index in [1.165, 1.54) is 0 Å². The standard InChI is InChI=1S/C11H12N4O/c12-4-6-13-5-3-8-1-2-9-10(7-8)15-11(16)14-9/h1-2,7,13H,3,5-6H2,(H2,14,15,16). The van der Waals surface area contributed by atoms with Crippen molar-refractivity contribution in [1.82, 2.24) is 15.3 Å². The van der Waals surface area contributed by atoms with Crippen LogP contribution in [-0.4, -0.2) is 23.1 Å². The molecule has 0 saturated heterocycles. The van der Waals surface area contributed by atoms with Gasteiger partial charge in [0.05, 0.1) is 23.6 Å². The molecule has 0 aliphatic carbocycles. The van der Waals surface area contributed by atoms with Gasteiger partial charge in [-0.2, -0.15) is 5.26 Å². The van der Waals surface area contributed by atoms with Gasteiger partial charge in [-0.05, 0) is 24.1 Å². The van der Waals surface area contributed by atoms with Crippen molar-refractivity contribution in [2.75, 3.05) is 13.1 Å². The highest BCUT2D eigenvalue weighted by Crippen LogP contribution is 2.10. The van der Waals surface area contributed by atoms with Crippen molar-refractivity contribution in [2.45, 2.75) is 6.42 Å². The molecular weight excluding hydrogens is 204 g/mol. The molecule has 0 aliphatic rings. The minimum atomic E-state index is -0.185. The van der Waals surface area contributed by atoms with Crippen LogP contribution in [0.15, 0.2) is 23.0 Å². The first-order valence-electron chi connectivity index (χ1n) is 5.08. The summed E-state index contributed by atoms with van der Waals surface area (Å²) >= 11 is 0. The van der Waals surface area contributed by atoms with Crippen molar-refractivity contribution in [3.8, 4) is 6.07 Å². The second-order valence-corrected chi connectivity index (χ2v) is 3.54. The molecule has 1 aromatic carbocycles. The van der Waals surface area contributed by atoms with Crippen LogP contribution in [-0.2, 0) is 6.42 Å². The maximum absolute atomic E-state index is 11.0. The monoisotopic (exact) mass is 216 g/mol. The number of imidazole rings is 1. The average molecular weight is 216 g/mol. The molecular formula is C11H12N4O. The highest BCUT2D eigenvalue weighted by Gasteiger charge is 1.99.